The van der Waals surface area contributed by atoms with Crippen LogP contribution in [0.2, 0.25) is 0 Å². The van der Waals surface area contributed by atoms with Gasteiger partial charge >= 0.3 is 0 Å². The van der Waals surface area contributed by atoms with E-state index in [-0.39, 0.29) is 17.7 Å². The van der Waals surface area contributed by atoms with Crippen LogP contribution in [0.3, 0.4) is 0 Å². The summed E-state index contributed by atoms with van der Waals surface area (Å²) in [4.78, 5) is 29.7. The molecule has 0 fully saturated rings. The van der Waals surface area contributed by atoms with Crippen LogP contribution in [0.1, 0.15) is 29.8 Å². The zero-order valence-corrected chi connectivity index (χ0v) is 14.6. The highest BCUT2D eigenvalue weighted by Crippen LogP contribution is 2.10. The van der Waals surface area contributed by atoms with Crippen molar-refractivity contribution in [2.24, 2.45) is 18.0 Å². The predicted octanol–water partition coefficient (Wildman–Crippen LogP) is 2.28. The van der Waals surface area contributed by atoms with Gasteiger partial charge in [0.05, 0.1) is 0 Å². The molecule has 2 amide bonds. The molecule has 2 rings (SSSR count). The molecule has 1 atom stereocenters. The minimum Gasteiger partial charge on any atom is -0.340 e. The van der Waals surface area contributed by atoms with Gasteiger partial charge in [-0.1, -0.05) is 32.0 Å². The number of nitrogens with one attached hydrogen (secondary N) is 1. The first-order valence-corrected chi connectivity index (χ1v) is 8.33. The molecule has 1 heterocycles. The molecule has 5 nitrogen and oxygen atoms in total. The van der Waals surface area contributed by atoms with E-state index in [0.29, 0.717) is 10.4 Å². The van der Waals surface area contributed by atoms with Crippen LogP contribution in [-0.4, -0.2) is 22.4 Å². The molecule has 6 heteroatoms. The Kier molecular flexibility index (Phi) is 5.50. The number of benzene rings is 1. The van der Waals surface area contributed by atoms with Crippen molar-refractivity contribution < 1.29 is 9.59 Å². The highest BCUT2D eigenvalue weighted by molar-refractivity contribution is 7.07. The minimum absolute atomic E-state index is 0.0514. The van der Waals surface area contributed by atoms with Gasteiger partial charge in [0.2, 0.25) is 0 Å². The lowest BCUT2D eigenvalue weighted by atomic mass is 10.0. The maximum absolute atomic E-state index is 12.5. The second-order valence-corrected chi connectivity index (χ2v) is 6.63. The van der Waals surface area contributed by atoms with Crippen LogP contribution in [0.5, 0.6) is 0 Å². The van der Waals surface area contributed by atoms with Crippen LogP contribution in [0.15, 0.2) is 40.8 Å². The summed E-state index contributed by atoms with van der Waals surface area (Å²) in [7, 11) is 1.83. The number of hydrogen-bond acceptors (Lipinski definition) is 3. The van der Waals surface area contributed by atoms with Gasteiger partial charge in [0, 0.05) is 24.2 Å². The first-order valence-electron chi connectivity index (χ1n) is 7.45. The number of carbonyl (C=O) groups is 2. The number of hydrogen-bond donors (Lipinski definition) is 1. The fourth-order valence-electron chi connectivity index (χ4n) is 2.16. The molecule has 0 radical (unpaired) electrons. The Hall–Kier alpha value is -2.21. The quantitative estimate of drug-likeness (QED) is 0.934. The Balaban J connectivity index is 2.23. The number of amides is 2. The van der Waals surface area contributed by atoms with Crippen LogP contribution in [0, 0.1) is 12.8 Å². The zero-order valence-electron chi connectivity index (χ0n) is 13.7. The summed E-state index contributed by atoms with van der Waals surface area (Å²) >= 11 is 1.39. The number of thiazole rings is 1. The Morgan fingerprint density at radius 1 is 1.26 bits per heavy atom. The maximum atomic E-state index is 12.5. The number of nitrogens with zero attached hydrogens (tertiary/aromatic N) is 2. The van der Waals surface area contributed by atoms with Crippen molar-refractivity contribution in [3.8, 4) is 0 Å². The van der Waals surface area contributed by atoms with Crippen molar-refractivity contribution in [1.82, 2.24) is 9.88 Å². The Bertz CT molecular complexity index is 774. The average molecular weight is 331 g/mol. The van der Waals surface area contributed by atoms with E-state index in [0.717, 1.165) is 5.56 Å². The van der Waals surface area contributed by atoms with Gasteiger partial charge in [-0.25, -0.2) is 0 Å². The van der Waals surface area contributed by atoms with Gasteiger partial charge in [-0.05, 0) is 24.5 Å². The maximum Gasteiger partial charge on any atom is 0.271 e. The van der Waals surface area contributed by atoms with Gasteiger partial charge in [-0.3, -0.25) is 9.59 Å². The topological polar surface area (TPSA) is 63.5 Å². The lowest BCUT2D eigenvalue weighted by Gasteiger charge is -2.19. The van der Waals surface area contributed by atoms with Crippen molar-refractivity contribution >= 4 is 23.2 Å². The molecule has 0 saturated heterocycles. The standard InChI is InChI=1S/C17H21N3O2S/c1-11(2)14(16(22)19-17-20(4)9-10-23-17)18-15(21)13-8-6-5-7-12(13)3/h5-11,14H,1-4H3,(H,18,21). The van der Waals surface area contributed by atoms with Crippen LogP contribution in [0.4, 0.5) is 0 Å². The number of rotatable bonds is 4. The summed E-state index contributed by atoms with van der Waals surface area (Å²) in [6, 6.07) is 6.66. The lowest BCUT2D eigenvalue weighted by molar-refractivity contribution is -0.120. The summed E-state index contributed by atoms with van der Waals surface area (Å²) in [5, 5.41) is 4.68. The Morgan fingerprint density at radius 2 is 1.96 bits per heavy atom. The molecule has 0 bridgehead atoms. The summed E-state index contributed by atoms with van der Waals surface area (Å²) in [6.07, 6.45) is 1.84. The second kappa shape index (κ2) is 7.37. The highest BCUT2D eigenvalue weighted by Gasteiger charge is 2.25. The van der Waals surface area contributed by atoms with E-state index in [1.807, 2.05) is 57.6 Å². The average Bonchev–Trinajstić information content (AvgIpc) is 2.89. The van der Waals surface area contributed by atoms with Crippen molar-refractivity contribution in [1.29, 1.82) is 0 Å². The van der Waals surface area contributed by atoms with E-state index in [1.54, 1.807) is 10.6 Å². The molecule has 1 aromatic carbocycles. The monoisotopic (exact) mass is 331 g/mol. The molecular formula is C17H21N3O2S. The molecule has 0 saturated carbocycles. The summed E-state index contributed by atoms with van der Waals surface area (Å²) < 4.78 is 1.78. The molecule has 23 heavy (non-hydrogen) atoms. The van der Waals surface area contributed by atoms with E-state index >= 15 is 0 Å². The summed E-state index contributed by atoms with van der Waals surface area (Å²) in [5.74, 6) is -0.634. The summed E-state index contributed by atoms with van der Waals surface area (Å²) in [5.41, 5.74) is 1.45. The summed E-state index contributed by atoms with van der Waals surface area (Å²) in [6.45, 7) is 5.66. The SMILES string of the molecule is Cc1ccccc1C(=O)NC(C(=O)N=c1sccn1C)C(C)C. The number of aryl methyl sites for hydroxylation is 2. The van der Waals surface area contributed by atoms with Crippen molar-refractivity contribution in [3.63, 3.8) is 0 Å². The van der Waals surface area contributed by atoms with E-state index in [2.05, 4.69) is 10.3 Å². The van der Waals surface area contributed by atoms with Gasteiger partial charge in [0.1, 0.15) is 6.04 Å². The molecule has 0 aliphatic rings. The Labute approximate surface area is 139 Å². The van der Waals surface area contributed by atoms with E-state index < -0.39 is 6.04 Å². The van der Waals surface area contributed by atoms with Crippen molar-refractivity contribution in [2.45, 2.75) is 26.8 Å². The molecule has 1 N–H and O–H groups in total. The molecule has 1 aromatic heterocycles. The largest absolute Gasteiger partial charge is 0.340 e. The number of aromatic nitrogens is 1. The molecule has 0 aliphatic heterocycles. The van der Waals surface area contributed by atoms with Gasteiger partial charge in [-0.15, -0.1) is 11.3 Å². The van der Waals surface area contributed by atoms with E-state index in [4.69, 9.17) is 0 Å². The molecular weight excluding hydrogens is 310 g/mol. The molecule has 0 aliphatic carbocycles. The van der Waals surface area contributed by atoms with Crippen LogP contribution in [0.25, 0.3) is 0 Å². The molecule has 2 aromatic rings. The normalized spacial score (nSPS) is 13.2. The van der Waals surface area contributed by atoms with Crippen LogP contribution < -0.4 is 10.1 Å². The first kappa shape index (κ1) is 17.1. The number of carbonyl (C=O) groups excluding carboxylic acids is 2. The van der Waals surface area contributed by atoms with Gasteiger partial charge in [-0.2, -0.15) is 4.99 Å². The van der Waals surface area contributed by atoms with Gasteiger partial charge in [0.25, 0.3) is 11.8 Å². The third-order valence-corrected chi connectivity index (χ3v) is 4.42. The Morgan fingerprint density at radius 3 is 2.52 bits per heavy atom. The second-order valence-electron chi connectivity index (χ2n) is 5.76. The van der Waals surface area contributed by atoms with E-state index in [9.17, 15) is 9.59 Å². The predicted molar refractivity (Wildman–Crippen MR) is 91.1 cm³/mol. The van der Waals surface area contributed by atoms with Crippen LogP contribution >= 0.6 is 11.3 Å². The highest BCUT2D eigenvalue weighted by atomic mass is 32.1. The van der Waals surface area contributed by atoms with E-state index in [1.165, 1.54) is 11.3 Å². The van der Waals surface area contributed by atoms with Crippen LogP contribution in [-0.2, 0) is 11.8 Å². The van der Waals surface area contributed by atoms with Gasteiger partial charge in [0.15, 0.2) is 4.80 Å². The van der Waals surface area contributed by atoms with Crippen molar-refractivity contribution in [3.05, 3.63) is 51.8 Å². The van der Waals surface area contributed by atoms with Crippen molar-refractivity contribution in [2.75, 3.05) is 0 Å². The minimum atomic E-state index is -0.649. The smallest absolute Gasteiger partial charge is 0.271 e. The third-order valence-electron chi connectivity index (χ3n) is 3.57. The van der Waals surface area contributed by atoms with Gasteiger partial charge < -0.3 is 9.88 Å². The molecule has 0 spiro atoms. The molecule has 122 valence electrons. The zero-order chi connectivity index (χ0) is 17.0. The fourth-order valence-corrected chi connectivity index (χ4v) is 2.89. The molecule has 1 unspecified atom stereocenters. The first-order chi connectivity index (χ1) is 10.9. The third kappa shape index (κ3) is 4.16. The fraction of sp³-hybridized carbons (Fsp3) is 0.353. The lowest BCUT2D eigenvalue weighted by Crippen LogP contribution is -2.44.